The first kappa shape index (κ1) is 26.6. The van der Waals surface area contributed by atoms with E-state index in [4.69, 9.17) is 16.3 Å². The number of para-hydroxylation sites is 1. The minimum absolute atomic E-state index is 0.0176. The molecule has 0 spiro atoms. The van der Waals surface area contributed by atoms with Crippen molar-refractivity contribution >= 4 is 31.6 Å². The molecule has 3 aromatic carbocycles. The highest BCUT2D eigenvalue weighted by Gasteiger charge is 2.29. The summed E-state index contributed by atoms with van der Waals surface area (Å²) in [5.74, 6) is 0.580. The van der Waals surface area contributed by atoms with Gasteiger partial charge in [0, 0.05) is 36.8 Å². The standard InChI is InChI=1S/C26H29ClN2O5S2/c1-34-26-8-4-3-7-22(26)20-29(19-21-9-11-23(27)12-10-21)36(32,33)25-15-13-24(14-16-25)35(30,31)28-17-5-2-6-18-28/h3-4,7-16H,2,5-6,17-20H2,1H3. The molecular weight excluding hydrogens is 520 g/mol. The Bertz CT molecular complexity index is 1390. The molecule has 0 atom stereocenters. The van der Waals surface area contributed by atoms with Crippen molar-refractivity contribution in [3.63, 3.8) is 0 Å². The van der Waals surface area contributed by atoms with Crippen LogP contribution in [0.1, 0.15) is 30.4 Å². The number of piperidine rings is 1. The summed E-state index contributed by atoms with van der Waals surface area (Å²) < 4.78 is 61.8. The number of methoxy groups -OCH3 is 1. The highest BCUT2D eigenvalue weighted by Crippen LogP contribution is 2.27. The fraction of sp³-hybridized carbons (Fsp3) is 0.308. The van der Waals surface area contributed by atoms with E-state index in [2.05, 4.69) is 0 Å². The van der Waals surface area contributed by atoms with Gasteiger partial charge in [0.25, 0.3) is 0 Å². The Kier molecular flexibility index (Phi) is 8.37. The number of rotatable bonds is 9. The average Bonchev–Trinajstić information content (AvgIpc) is 2.90. The molecule has 7 nitrogen and oxygen atoms in total. The van der Waals surface area contributed by atoms with Gasteiger partial charge in [0.1, 0.15) is 5.75 Å². The second kappa shape index (κ2) is 11.3. The van der Waals surface area contributed by atoms with Crippen LogP contribution in [0.15, 0.2) is 82.6 Å². The van der Waals surface area contributed by atoms with E-state index in [1.165, 1.54) is 32.9 Å². The van der Waals surface area contributed by atoms with Crippen molar-refractivity contribution in [1.82, 2.24) is 8.61 Å². The highest BCUT2D eigenvalue weighted by atomic mass is 35.5. The number of benzene rings is 3. The lowest BCUT2D eigenvalue weighted by Gasteiger charge is -2.26. The van der Waals surface area contributed by atoms with Crippen LogP contribution in [0.2, 0.25) is 5.02 Å². The van der Waals surface area contributed by atoms with E-state index in [1.54, 1.807) is 37.4 Å². The lowest BCUT2D eigenvalue weighted by atomic mass is 10.2. The van der Waals surface area contributed by atoms with Crippen LogP contribution in [0.3, 0.4) is 0 Å². The Morgan fingerprint density at radius 2 is 1.42 bits per heavy atom. The molecule has 192 valence electrons. The Labute approximate surface area is 218 Å². The molecule has 1 heterocycles. The average molecular weight is 549 g/mol. The van der Waals surface area contributed by atoms with Crippen molar-refractivity contribution in [3.8, 4) is 5.75 Å². The van der Waals surface area contributed by atoms with Crippen LogP contribution in [-0.2, 0) is 33.1 Å². The second-order valence-corrected chi connectivity index (χ2v) is 13.0. The molecule has 3 aromatic rings. The summed E-state index contributed by atoms with van der Waals surface area (Å²) in [6.45, 7) is 1.14. The quantitative estimate of drug-likeness (QED) is 0.379. The molecule has 0 saturated carbocycles. The van der Waals surface area contributed by atoms with E-state index in [1.807, 2.05) is 18.2 Å². The van der Waals surface area contributed by atoms with Crippen molar-refractivity contribution in [1.29, 1.82) is 0 Å². The molecule has 0 bridgehead atoms. The zero-order valence-electron chi connectivity index (χ0n) is 20.0. The van der Waals surface area contributed by atoms with Gasteiger partial charge in [0.15, 0.2) is 0 Å². The Balaban J connectivity index is 1.66. The van der Waals surface area contributed by atoms with Crippen LogP contribution >= 0.6 is 11.6 Å². The van der Waals surface area contributed by atoms with Gasteiger partial charge in [-0.25, -0.2) is 16.8 Å². The molecule has 10 heteroatoms. The van der Waals surface area contributed by atoms with Gasteiger partial charge in [-0.3, -0.25) is 0 Å². The van der Waals surface area contributed by atoms with Crippen LogP contribution in [-0.4, -0.2) is 45.6 Å². The Morgan fingerprint density at radius 1 is 0.806 bits per heavy atom. The van der Waals surface area contributed by atoms with Gasteiger partial charge >= 0.3 is 0 Å². The summed E-state index contributed by atoms with van der Waals surface area (Å²) in [4.78, 5) is 0.112. The molecular formula is C26H29ClN2O5S2. The van der Waals surface area contributed by atoms with E-state index in [-0.39, 0.29) is 22.9 Å². The van der Waals surface area contributed by atoms with Crippen molar-refractivity contribution in [2.24, 2.45) is 0 Å². The molecule has 0 N–H and O–H groups in total. The monoisotopic (exact) mass is 548 g/mol. The maximum Gasteiger partial charge on any atom is 0.243 e. The van der Waals surface area contributed by atoms with Crippen molar-refractivity contribution in [3.05, 3.63) is 88.9 Å². The van der Waals surface area contributed by atoms with E-state index in [0.717, 1.165) is 24.8 Å². The third-order valence-corrected chi connectivity index (χ3v) is 10.2. The predicted molar refractivity (Wildman–Crippen MR) is 140 cm³/mol. The van der Waals surface area contributed by atoms with Crippen LogP contribution < -0.4 is 4.74 Å². The van der Waals surface area contributed by atoms with Crippen LogP contribution in [0.4, 0.5) is 0 Å². The van der Waals surface area contributed by atoms with Gasteiger partial charge in [-0.15, -0.1) is 0 Å². The van der Waals surface area contributed by atoms with E-state index < -0.39 is 20.0 Å². The third kappa shape index (κ3) is 5.92. The Hall–Kier alpha value is -2.43. The van der Waals surface area contributed by atoms with E-state index in [0.29, 0.717) is 29.4 Å². The maximum absolute atomic E-state index is 13.8. The second-order valence-electron chi connectivity index (χ2n) is 8.65. The zero-order chi connectivity index (χ0) is 25.8. The summed E-state index contributed by atoms with van der Waals surface area (Å²) in [5, 5.41) is 0.559. The first-order chi connectivity index (χ1) is 17.2. The smallest absolute Gasteiger partial charge is 0.243 e. The van der Waals surface area contributed by atoms with Crippen LogP contribution in [0.5, 0.6) is 5.75 Å². The minimum Gasteiger partial charge on any atom is -0.496 e. The largest absolute Gasteiger partial charge is 0.496 e. The van der Waals surface area contributed by atoms with Gasteiger partial charge in [0.2, 0.25) is 20.0 Å². The molecule has 1 fully saturated rings. The summed E-state index contributed by atoms with van der Waals surface area (Å²) >= 11 is 6.01. The van der Waals surface area contributed by atoms with Gasteiger partial charge < -0.3 is 4.74 Å². The third-order valence-electron chi connectivity index (χ3n) is 6.23. The van der Waals surface area contributed by atoms with Gasteiger partial charge in [0.05, 0.1) is 16.9 Å². The van der Waals surface area contributed by atoms with Gasteiger partial charge in [-0.05, 0) is 60.9 Å². The number of sulfonamides is 2. The molecule has 1 saturated heterocycles. The predicted octanol–water partition coefficient (Wildman–Crippen LogP) is 4.91. The van der Waals surface area contributed by atoms with E-state index in [9.17, 15) is 16.8 Å². The molecule has 1 aliphatic rings. The number of halogens is 1. The van der Waals surface area contributed by atoms with E-state index >= 15 is 0 Å². The van der Waals surface area contributed by atoms with Crippen molar-refractivity contribution in [2.75, 3.05) is 20.2 Å². The first-order valence-corrected chi connectivity index (χ1v) is 14.9. The zero-order valence-corrected chi connectivity index (χ0v) is 22.4. The molecule has 0 aromatic heterocycles. The van der Waals surface area contributed by atoms with Crippen molar-refractivity contribution < 1.29 is 21.6 Å². The summed E-state index contributed by atoms with van der Waals surface area (Å²) in [6, 6.07) is 19.7. The first-order valence-electron chi connectivity index (χ1n) is 11.7. The Morgan fingerprint density at radius 3 is 2.06 bits per heavy atom. The summed E-state index contributed by atoms with van der Waals surface area (Å²) in [5.41, 5.74) is 1.48. The molecule has 0 amide bonds. The van der Waals surface area contributed by atoms with Gasteiger partial charge in [-0.1, -0.05) is 48.4 Å². The number of ether oxygens (including phenoxy) is 1. The van der Waals surface area contributed by atoms with Gasteiger partial charge in [-0.2, -0.15) is 8.61 Å². The summed E-state index contributed by atoms with van der Waals surface area (Å²) in [6.07, 6.45) is 2.67. The molecule has 1 aliphatic heterocycles. The normalized spacial score (nSPS) is 15.2. The highest BCUT2D eigenvalue weighted by molar-refractivity contribution is 7.89. The number of nitrogens with zero attached hydrogens (tertiary/aromatic N) is 2. The molecule has 36 heavy (non-hydrogen) atoms. The van der Waals surface area contributed by atoms with Crippen LogP contribution in [0.25, 0.3) is 0 Å². The summed E-state index contributed by atoms with van der Waals surface area (Å²) in [7, 11) is -6.10. The maximum atomic E-state index is 13.8. The topological polar surface area (TPSA) is 84.0 Å². The number of hydrogen-bond acceptors (Lipinski definition) is 5. The van der Waals surface area contributed by atoms with Crippen LogP contribution in [0, 0.1) is 0 Å². The molecule has 4 rings (SSSR count). The van der Waals surface area contributed by atoms with Crippen molar-refractivity contribution in [2.45, 2.75) is 42.1 Å². The number of hydrogen-bond donors (Lipinski definition) is 0. The minimum atomic E-state index is -3.98. The molecule has 0 radical (unpaired) electrons. The SMILES string of the molecule is COc1ccccc1CN(Cc1ccc(Cl)cc1)S(=O)(=O)c1ccc(S(=O)(=O)N2CCCCC2)cc1. The fourth-order valence-electron chi connectivity index (χ4n) is 4.23. The molecule has 0 unspecified atom stereocenters. The lowest BCUT2D eigenvalue weighted by Crippen LogP contribution is -2.35. The lowest BCUT2D eigenvalue weighted by molar-refractivity contribution is 0.346. The fourth-order valence-corrected chi connectivity index (χ4v) is 7.28. The molecule has 0 aliphatic carbocycles.